The highest BCUT2D eigenvalue weighted by Crippen LogP contribution is 2.32. The van der Waals surface area contributed by atoms with E-state index in [1.54, 1.807) is 0 Å². The number of ether oxygens (including phenoxy) is 1. The van der Waals surface area contributed by atoms with E-state index in [-0.39, 0.29) is 18.1 Å². The smallest absolute Gasteiger partial charge is 0.274 e. The van der Waals surface area contributed by atoms with Crippen molar-refractivity contribution >= 4 is 5.91 Å². The summed E-state index contributed by atoms with van der Waals surface area (Å²) in [5.41, 5.74) is 2.78. The number of piperidine rings is 1. The van der Waals surface area contributed by atoms with E-state index in [1.165, 1.54) is 0 Å². The number of fused-ring (bicyclic) bond motifs is 1. The van der Waals surface area contributed by atoms with Gasteiger partial charge in [0.25, 0.3) is 5.91 Å². The van der Waals surface area contributed by atoms with Crippen molar-refractivity contribution in [2.24, 2.45) is 13.0 Å². The minimum absolute atomic E-state index is 0.00590. The summed E-state index contributed by atoms with van der Waals surface area (Å²) in [6, 6.07) is 0. The molecule has 2 aliphatic rings. The van der Waals surface area contributed by atoms with Crippen LogP contribution in [0, 0.1) is 5.92 Å². The van der Waals surface area contributed by atoms with Crippen LogP contribution in [0.1, 0.15) is 54.5 Å². The van der Waals surface area contributed by atoms with Crippen LogP contribution in [-0.2, 0) is 18.2 Å². The lowest BCUT2D eigenvalue weighted by atomic mass is 9.95. The number of carbonyl (C=O) groups excluding carboxylic acids is 1. The molecule has 0 N–H and O–H groups in total. The van der Waals surface area contributed by atoms with Gasteiger partial charge in [-0.05, 0) is 46.7 Å². The SMILES string of the molecule is C[C@@H]1Cc2c(C(=O)N3CCC(CN(C)C)CC3)nn(C)c2[C@H](C)O1. The summed E-state index contributed by atoms with van der Waals surface area (Å²) in [5.74, 6) is 0.784. The van der Waals surface area contributed by atoms with E-state index in [9.17, 15) is 4.79 Å². The molecule has 2 aliphatic heterocycles. The van der Waals surface area contributed by atoms with Crippen LogP contribution in [0.2, 0.25) is 0 Å². The van der Waals surface area contributed by atoms with Crippen LogP contribution >= 0.6 is 0 Å². The first-order chi connectivity index (χ1) is 11.4. The highest BCUT2D eigenvalue weighted by molar-refractivity contribution is 5.94. The Morgan fingerprint density at radius 3 is 2.58 bits per heavy atom. The molecule has 3 rings (SSSR count). The van der Waals surface area contributed by atoms with Gasteiger partial charge in [-0.15, -0.1) is 0 Å². The first kappa shape index (κ1) is 17.4. The highest BCUT2D eigenvalue weighted by Gasteiger charge is 2.34. The van der Waals surface area contributed by atoms with Gasteiger partial charge in [-0.3, -0.25) is 9.48 Å². The molecule has 0 radical (unpaired) electrons. The molecule has 6 nitrogen and oxygen atoms in total. The van der Waals surface area contributed by atoms with E-state index in [2.05, 4.69) is 31.0 Å². The van der Waals surface area contributed by atoms with Gasteiger partial charge in [0, 0.05) is 38.7 Å². The van der Waals surface area contributed by atoms with E-state index in [1.807, 2.05) is 23.6 Å². The second-order valence-electron chi connectivity index (χ2n) is 7.63. The summed E-state index contributed by atoms with van der Waals surface area (Å²) in [7, 11) is 6.14. The second-order valence-corrected chi connectivity index (χ2v) is 7.63. The third-order valence-electron chi connectivity index (χ3n) is 5.23. The normalized spacial score (nSPS) is 25.2. The number of carbonyl (C=O) groups is 1. The van der Waals surface area contributed by atoms with Gasteiger partial charge in [-0.1, -0.05) is 0 Å². The van der Waals surface area contributed by atoms with Gasteiger partial charge in [0.2, 0.25) is 0 Å². The summed E-state index contributed by atoms with van der Waals surface area (Å²) in [4.78, 5) is 17.2. The summed E-state index contributed by atoms with van der Waals surface area (Å²) in [5, 5.41) is 4.56. The van der Waals surface area contributed by atoms with Gasteiger partial charge in [0.15, 0.2) is 5.69 Å². The standard InChI is InChI=1S/C18H30N4O2/c1-12-10-15-16(19-21(5)17(15)13(2)24-12)18(23)22-8-6-14(7-9-22)11-20(3)4/h12-14H,6-11H2,1-5H3/t12-,13+/m1/s1. The molecule has 2 atom stereocenters. The van der Waals surface area contributed by atoms with Gasteiger partial charge in [-0.25, -0.2) is 0 Å². The molecule has 0 unspecified atom stereocenters. The molecule has 1 aromatic rings. The molecule has 1 fully saturated rings. The largest absolute Gasteiger partial charge is 0.369 e. The Hall–Kier alpha value is -1.40. The number of aryl methyl sites for hydroxylation is 1. The van der Waals surface area contributed by atoms with Crippen molar-refractivity contribution in [3.05, 3.63) is 17.0 Å². The number of likely N-dealkylation sites (tertiary alicyclic amines) is 1. The maximum absolute atomic E-state index is 13.0. The van der Waals surface area contributed by atoms with Crippen molar-refractivity contribution in [2.45, 2.75) is 45.3 Å². The third kappa shape index (κ3) is 3.35. The van der Waals surface area contributed by atoms with Crippen molar-refractivity contribution in [3.63, 3.8) is 0 Å². The van der Waals surface area contributed by atoms with Crippen molar-refractivity contribution in [1.29, 1.82) is 0 Å². The van der Waals surface area contributed by atoms with Crippen LogP contribution in [0.15, 0.2) is 0 Å². The molecule has 6 heteroatoms. The van der Waals surface area contributed by atoms with Crippen LogP contribution < -0.4 is 0 Å². The Labute approximate surface area is 144 Å². The molecule has 0 aromatic carbocycles. The van der Waals surface area contributed by atoms with Gasteiger partial charge >= 0.3 is 0 Å². The van der Waals surface area contributed by atoms with Gasteiger partial charge in [-0.2, -0.15) is 5.10 Å². The Balaban J connectivity index is 1.74. The van der Waals surface area contributed by atoms with Gasteiger partial charge < -0.3 is 14.5 Å². The quantitative estimate of drug-likeness (QED) is 0.847. The number of rotatable bonds is 3. The molecular formula is C18H30N4O2. The monoisotopic (exact) mass is 334 g/mol. The zero-order valence-electron chi connectivity index (χ0n) is 15.6. The van der Waals surface area contributed by atoms with Crippen molar-refractivity contribution in [2.75, 3.05) is 33.7 Å². The van der Waals surface area contributed by atoms with Crippen molar-refractivity contribution in [3.8, 4) is 0 Å². The van der Waals surface area contributed by atoms with E-state index < -0.39 is 0 Å². The number of hydrogen-bond acceptors (Lipinski definition) is 4. The Morgan fingerprint density at radius 1 is 1.29 bits per heavy atom. The topological polar surface area (TPSA) is 50.6 Å². The van der Waals surface area contributed by atoms with E-state index >= 15 is 0 Å². The lowest BCUT2D eigenvalue weighted by Crippen LogP contribution is -2.41. The van der Waals surface area contributed by atoms with E-state index in [4.69, 9.17) is 4.74 Å². The molecule has 0 saturated carbocycles. The zero-order valence-corrected chi connectivity index (χ0v) is 15.6. The minimum Gasteiger partial charge on any atom is -0.369 e. The van der Waals surface area contributed by atoms with Crippen LogP contribution in [0.3, 0.4) is 0 Å². The van der Waals surface area contributed by atoms with Crippen LogP contribution in [-0.4, -0.2) is 65.3 Å². The molecule has 3 heterocycles. The predicted octanol–water partition coefficient (Wildman–Crippen LogP) is 1.86. The molecule has 134 valence electrons. The van der Waals surface area contributed by atoms with Crippen LogP contribution in [0.25, 0.3) is 0 Å². The number of hydrogen-bond donors (Lipinski definition) is 0. The molecule has 24 heavy (non-hydrogen) atoms. The maximum atomic E-state index is 13.0. The maximum Gasteiger partial charge on any atom is 0.274 e. The first-order valence-corrected chi connectivity index (χ1v) is 9.02. The Kier molecular flexibility index (Phi) is 4.97. The number of aromatic nitrogens is 2. The number of amides is 1. The lowest BCUT2D eigenvalue weighted by molar-refractivity contribution is -0.00907. The van der Waals surface area contributed by atoms with Crippen LogP contribution in [0.5, 0.6) is 0 Å². The fraction of sp³-hybridized carbons (Fsp3) is 0.778. The summed E-state index contributed by atoms with van der Waals surface area (Å²) in [6.07, 6.45) is 3.05. The highest BCUT2D eigenvalue weighted by atomic mass is 16.5. The molecule has 0 aliphatic carbocycles. The fourth-order valence-electron chi connectivity index (χ4n) is 4.20. The molecular weight excluding hydrogens is 304 g/mol. The summed E-state index contributed by atoms with van der Waals surface area (Å²) < 4.78 is 7.72. The van der Waals surface area contributed by atoms with Gasteiger partial charge in [0.1, 0.15) is 0 Å². The number of nitrogens with zero attached hydrogens (tertiary/aromatic N) is 4. The first-order valence-electron chi connectivity index (χ1n) is 9.02. The Morgan fingerprint density at radius 2 is 1.96 bits per heavy atom. The van der Waals surface area contributed by atoms with Gasteiger partial charge in [0.05, 0.1) is 17.9 Å². The summed E-state index contributed by atoms with van der Waals surface area (Å²) in [6.45, 7) is 6.88. The Bertz CT molecular complexity index is 602. The molecule has 1 saturated heterocycles. The van der Waals surface area contributed by atoms with Crippen molar-refractivity contribution < 1.29 is 9.53 Å². The molecule has 0 bridgehead atoms. The predicted molar refractivity (Wildman–Crippen MR) is 93.1 cm³/mol. The second kappa shape index (κ2) is 6.84. The average Bonchev–Trinajstić information content (AvgIpc) is 2.83. The zero-order chi connectivity index (χ0) is 17.4. The third-order valence-corrected chi connectivity index (χ3v) is 5.23. The van der Waals surface area contributed by atoms with E-state index in [0.717, 1.165) is 50.2 Å². The molecule has 0 spiro atoms. The van der Waals surface area contributed by atoms with Crippen LogP contribution in [0.4, 0.5) is 0 Å². The summed E-state index contributed by atoms with van der Waals surface area (Å²) >= 11 is 0. The van der Waals surface area contributed by atoms with Crippen molar-refractivity contribution in [1.82, 2.24) is 19.6 Å². The fourth-order valence-corrected chi connectivity index (χ4v) is 4.20. The molecule has 1 amide bonds. The lowest BCUT2D eigenvalue weighted by Gasteiger charge is -2.33. The average molecular weight is 334 g/mol. The van der Waals surface area contributed by atoms with E-state index in [0.29, 0.717) is 11.6 Å². The molecule has 1 aromatic heterocycles. The minimum atomic E-state index is -0.00590.